The molecule has 1 N–H and O–H groups in total. The third-order valence-corrected chi connectivity index (χ3v) is 3.34. The van der Waals surface area contributed by atoms with Crippen LogP contribution in [0.5, 0.6) is 11.5 Å². The van der Waals surface area contributed by atoms with E-state index in [1.165, 1.54) is 0 Å². The number of amides is 1. The van der Waals surface area contributed by atoms with E-state index in [1.54, 1.807) is 10.7 Å². The first-order valence-electron chi connectivity index (χ1n) is 6.79. The Morgan fingerprint density at radius 3 is 2.90 bits per heavy atom. The summed E-state index contributed by atoms with van der Waals surface area (Å²) >= 11 is 0. The standard InChI is InChI=1S/C15H17N3O3/c1-10-7-11(18(2)17-10)8-16-15(19)14-9-20-12-5-3-4-6-13(12)21-14/h3-7,14H,8-9H2,1-2H3,(H,16,19)/t14-/m0/s1. The highest BCUT2D eigenvalue weighted by atomic mass is 16.6. The Balaban J connectivity index is 1.61. The number of hydrogen-bond donors (Lipinski definition) is 1. The molecule has 2 aromatic rings. The summed E-state index contributed by atoms with van der Waals surface area (Å²) in [4.78, 5) is 12.2. The summed E-state index contributed by atoms with van der Waals surface area (Å²) in [5, 5.41) is 7.09. The summed E-state index contributed by atoms with van der Waals surface area (Å²) in [5.41, 5.74) is 1.87. The highest BCUT2D eigenvalue weighted by molar-refractivity contribution is 5.81. The summed E-state index contributed by atoms with van der Waals surface area (Å²) in [6.45, 7) is 2.55. The molecule has 1 amide bonds. The Hall–Kier alpha value is -2.50. The summed E-state index contributed by atoms with van der Waals surface area (Å²) < 4.78 is 12.9. The minimum absolute atomic E-state index is 0.191. The van der Waals surface area contributed by atoms with Crippen molar-refractivity contribution < 1.29 is 14.3 Å². The Kier molecular flexibility index (Phi) is 3.51. The van der Waals surface area contributed by atoms with Gasteiger partial charge in [0, 0.05) is 7.05 Å². The van der Waals surface area contributed by atoms with Crippen molar-refractivity contribution in [2.75, 3.05) is 6.61 Å². The molecule has 0 bridgehead atoms. The Labute approximate surface area is 122 Å². The molecule has 0 unspecified atom stereocenters. The smallest absolute Gasteiger partial charge is 0.265 e. The van der Waals surface area contributed by atoms with E-state index in [0.29, 0.717) is 18.0 Å². The second-order valence-corrected chi connectivity index (χ2v) is 4.98. The van der Waals surface area contributed by atoms with Crippen LogP contribution in [0.3, 0.4) is 0 Å². The molecular formula is C15H17N3O3. The van der Waals surface area contributed by atoms with Crippen LogP contribution in [0, 0.1) is 6.92 Å². The molecule has 0 radical (unpaired) electrons. The molecule has 0 aliphatic carbocycles. The van der Waals surface area contributed by atoms with E-state index < -0.39 is 6.10 Å². The third-order valence-electron chi connectivity index (χ3n) is 3.34. The minimum Gasteiger partial charge on any atom is -0.485 e. The molecular weight excluding hydrogens is 270 g/mol. The van der Waals surface area contributed by atoms with E-state index in [1.807, 2.05) is 38.2 Å². The van der Waals surface area contributed by atoms with Gasteiger partial charge in [-0.05, 0) is 25.1 Å². The number of rotatable bonds is 3. The van der Waals surface area contributed by atoms with Crippen LogP contribution >= 0.6 is 0 Å². The van der Waals surface area contributed by atoms with Crippen molar-refractivity contribution in [1.82, 2.24) is 15.1 Å². The lowest BCUT2D eigenvalue weighted by Crippen LogP contribution is -2.43. The molecule has 6 heteroatoms. The number of aromatic nitrogens is 2. The lowest BCUT2D eigenvalue weighted by atomic mass is 10.2. The zero-order valence-corrected chi connectivity index (χ0v) is 12.0. The van der Waals surface area contributed by atoms with Gasteiger partial charge in [-0.1, -0.05) is 12.1 Å². The van der Waals surface area contributed by atoms with Crippen molar-refractivity contribution in [2.24, 2.45) is 7.05 Å². The number of carbonyl (C=O) groups excluding carboxylic acids is 1. The fraction of sp³-hybridized carbons (Fsp3) is 0.333. The number of nitrogens with one attached hydrogen (secondary N) is 1. The predicted molar refractivity (Wildman–Crippen MR) is 76.1 cm³/mol. The molecule has 1 aliphatic rings. The molecule has 2 heterocycles. The van der Waals surface area contributed by atoms with Gasteiger partial charge in [0.05, 0.1) is 17.9 Å². The van der Waals surface area contributed by atoms with Gasteiger partial charge in [-0.25, -0.2) is 0 Å². The van der Waals surface area contributed by atoms with Gasteiger partial charge in [-0.3, -0.25) is 9.48 Å². The van der Waals surface area contributed by atoms with E-state index in [0.717, 1.165) is 11.4 Å². The second kappa shape index (κ2) is 5.47. The van der Waals surface area contributed by atoms with Gasteiger partial charge < -0.3 is 14.8 Å². The van der Waals surface area contributed by atoms with Crippen LogP contribution in [0.2, 0.25) is 0 Å². The van der Waals surface area contributed by atoms with Gasteiger partial charge >= 0.3 is 0 Å². The number of hydrogen-bond acceptors (Lipinski definition) is 4. The lowest BCUT2D eigenvalue weighted by molar-refractivity contribution is -0.130. The van der Waals surface area contributed by atoms with E-state index in [4.69, 9.17) is 9.47 Å². The number of ether oxygens (including phenoxy) is 2. The van der Waals surface area contributed by atoms with Crippen LogP contribution in [-0.4, -0.2) is 28.4 Å². The van der Waals surface area contributed by atoms with E-state index in [2.05, 4.69) is 10.4 Å². The Bertz CT molecular complexity index is 666. The number of aryl methyl sites for hydroxylation is 2. The van der Waals surface area contributed by atoms with E-state index in [9.17, 15) is 4.79 Å². The molecule has 0 saturated carbocycles. The first kappa shape index (κ1) is 13.5. The Morgan fingerprint density at radius 1 is 1.43 bits per heavy atom. The van der Waals surface area contributed by atoms with Crippen molar-refractivity contribution in [2.45, 2.75) is 19.6 Å². The predicted octanol–water partition coefficient (Wildman–Crippen LogP) is 1.18. The Morgan fingerprint density at radius 2 is 2.19 bits per heavy atom. The van der Waals surface area contributed by atoms with Gasteiger partial charge in [0.2, 0.25) is 6.10 Å². The molecule has 1 aliphatic heterocycles. The van der Waals surface area contributed by atoms with Gasteiger partial charge in [0.25, 0.3) is 5.91 Å². The third kappa shape index (κ3) is 2.84. The van der Waals surface area contributed by atoms with Crippen molar-refractivity contribution in [3.8, 4) is 11.5 Å². The number of nitrogens with zero attached hydrogens (tertiary/aromatic N) is 2. The quantitative estimate of drug-likeness (QED) is 0.921. The van der Waals surface area contributed by atoms with Crippen LogP contribution < -0.4 is 14.8 Å². The molecule has 110 valence electrons. The summed E-state index contributed by atoms with van der Waals surface area (Å²) in [6.07, 6.45) is -0.630. The maximum atomic E-state index is 12.2. The molecule has 3 rings (SSSR count). The topological polar surface area (TPSA) is 65.4 Å². The summed E-state index contributed by atoms with van der Waals surface area (Å²) in [6, 6.07) is 9.27. The highest BCUT2D eigenvalue weighted by Gasteiger charge is 2.27. The summed E-state index contributed by atoms with van der Waals surface area (Å²) in [7, 11) is 1.85. The molecule has 6 nitrogen and oxygen atoms in total. The van der Waals surface area contributed by atoms with Crippen molar-refractivity contribution >= 4 is 5.91 Å². The van der Waals surface area contributed by atoms with E-state index >= 15 is 0 Å². The molecule has 1 atom stereocenters. The summed E-state index contributed by atoms with van der Waals surface area (Å²) in [5.74, 6) is 1.08. The van der Waals surface area contributed by atoms with Crippen LogP contribution in [-0.2, 0) is 18.4 Å². The number of carbonyl (C=O) groups is 1. The average molecular weight is 287 g/mol. The maximum absolute atomic E-state index is 12.2. The zero-order chi connectivity index (χ0) is 14.8. The largest absolute Gasteiger partial charge is 0.485 e. The highest BCUT2D eigenvalue weighted by Crippen LogP contribution is 2.30. The van der Waals surface area contributed by atoms with Gasteiger partial charge in [-0.15, -0.1) is 0 Å². The average Bonchev–Trinajstić information content (AvgIpc) is 2.82. The van der Waals surface area contributed by atoms with E-state index in [-0.39, 0.29) is 12.5 Å². The maximum Gasteiger partial charge on any atom is 0.265 e. The van der Waals surface area contributed by atoms with Crippen LogP contribution in [0.1, 0.15) is 11.4 Å². The normalized spacial score (nSPS) is 16.6. The fourth-order valence-corrected chi connectivity index (χ4v) is 2.27. The van der Waals surface area contributed by atoms with Crippen LogP contribution in [0.15, 0.2) is 30.3 Å². The monoisotopic (exact) mass is 287 g/mol. The molecule has 1 aromatic carbocycles. The van der Waals surface area contributed by atoms with Crippen molar-refractivity contribution in [3.05, 3.63) is 41.7 Å². The van der Waals surface area contributed by atoms with Crippen LogP contribution in [0.4, 0.5) is 0 Å². The second-order valence-electron chi connectivity index (χ2n) is 4.98. The van der Waals surface area contributed by atoms with Gasteiger partial charge in [0.15, 0.2) is 11.5 Å². The van der Waals surface area contributed by atoms with Crippen molar-refractivity contribution in [3.63, 3.8) is 0 Å². The first-order chi connectivity index (χ1) is 10.1. The molecule has 0 spiro atoms. The molecule has 21 heavy (non-hydrogen) atoms. The van der Waals surface area contributed by atoms with Gasteiger partial charge in [-0.2, -0.15) is 5.10 Å². The number of fused-ring (bicyclic) bond motifs is 1. The zero-order valence-electron chi connectivity index (χ0n) is 12.0. The fourth-order valence-electron chi connectivity index (χ4n) is 2.27. The molecule has 0 fully saturated rings. The van der Waals surface area contributed by atoms with Gasteiger partial charge in [0.1, 0.15) is 6.61 Å². The van der Waals surface area contributed by atoms with Crippen molar-refractivity contribution in [1.29, 1.82) is 0 Å². The SMILES string of the molecule is Cc1cc(CNC(=O)[C@@H]2COc3ccccc3O2)n(C)n1. The van der Waals surface area contributed by atoms with Crippen LogP contribution in [0.25, 0.3) is 0 Å². The number of benzene rings is 1. The number of para-hydroxylation sites is 2. The molecule has 1 aromatic heterocycles. The first-order valence-corrected chi connectivity index (χ1v) is 6.79. The lowest BCUT2D eigenvalue weighted by Gasteiger charge is -2.25. The molecule has 0 saturated heterocycles. The minimum atomic E-state index is -0.630.